The third-order valence-electron chi connectivity index (χ3n) is 2.30. The Kier molecular flexibility index (Phi) is 5.57. The number of ether oxygens (including phenoxy) is 1. The molecule has 0 saturated carbocycles. The van der Waals surface area contributed by atoms with Gasteiger partial charge in [-0.05, 0) is 34.3 Å². The minimum Gasteiger partial charge on any atom is -0.374 e. The first kappa shape index (κ1) is 14.7. The van der Waals surface area contributed by atoms with Gasteiger partial charge in [-0.25, -0.2) is 9.97 Å². The highest BCUT2D eigenvalue weighted by Gasteiger charge is 2.05. The average Bonchev–Trinajstić information content (AvgIpc) is 2.79. The Hall–Kier alpha value is -0.690. The molecule has 1 N–H and O–H groups in total. The van der Waals surface area contributed by atoms with Crippen molar-refractivity contribution in [1.82, 2.24) is 9.97 Å². The van der Waals surface area contributed by atoms with Crippen LogP contribution in [0.5, 0.6) is 0 Å². The summed E-state index contributed by atoms with van der Waals surface area (Å²) in [5, 5.41) is 5.69. The number of nitrogens with one attached hydrogen (secondary N) is 1. The molecule has 102 valence electrons. The van der Waals surface area contributed by atoms with Crippen LogP contribution in [-0.2, 0) is 17.9 Å². The first-order chi connectivity index (χ1) is 9.19. The number of rotatable bonds is 6. The number of aromatic nitrogens is 2. The van der Waals surface area contributed by atoms with Crippen molar-refractivity contribution in [3.8, 4) is 0 Å². The van der Waals surface area contributed by atoms with Crippen molar-refractivity contribution in [1.29, 1.82) is 0 Å². The van der Waals surface area contributed by atoms with E-state index in [2.05, 4.69) is 31.2 Å². The summed E-state index contributed by atoms with van der Waals surface area (Å²) in [4.78, 5) is 9.68. The molecule has 0 unspecified atom stereocenters. The maximum Gasteiger partial charge on any atom is 0.158 e. The van der Waals surface area contributed by atoms with Gasteiger partial charge in [0.05, 0.1) is 6.54 Å². The van der Waals surface area contributed by atoms with Crippen LogP contribution in [0.1, 0.15) is 17.6 Å². The highest BCUT2D eigenvalue weighted by atomic mass is 79.9. The van der Waals surface area contributed by atoms with Crippen LogP contribution in [0, 0.1) is 0 Å². The largest absolute Gasteiger partial charge is 0.374 e. The lowest BCUT2D eigenvalue weighted by molar-refractivity contribution is 0.128. The van der Waals surface area contributed by atoms with Gasteiger partial charge in [0.15, 0.2) is 5.82 Å². The fourth-order valence-corrected chi connectivity index (χ4v) is 3.07. The summed E-state index contributed by atoms with van der Waals surface area (Å²) in [6, 6.07) is 3.73. The van der Waals surface area contributed by atoms with E-state index in [0.717, 1.165) is 4.47 Å². The average molecular weight is 363 g/mol. The van der Waals surface area contributed by atoms with Gasteiger partial charge in [0.2, 0.25) is 0 Å². The van der Waals surface area contributed by atoms with Crippen LogP contribution in [0.15, 0.2) is 22.0 Å². The minimum atomic E-state index is 0.369. The van der Waals surface area contributed by atoms with Gasteiger partial charge in [0, 0.05) is 22.0 Å². The molecule has 0 aliphatic rings. The molecule has 2 heterocycles. The second-order valence-electron chi connectivity index (χ2n) is 3.67. The van der Waals surface area contributed by atoms with Gasteiger partial charge < -0.3 is 10.1 Å². The Labute approximate surface area is 129 Å². The molecule has 0 fully saturated rings. The Morgan fingerprint density at radius 1 is 1.47 bits per heavy atom. The zero-order valence-electron chi connectivity index (χ0n) is 10.3. The van der Waals surface area contributed by atoms with Gasteiger partial charge in [-0.1, -0.05) is 11.6 Å². The van der Waals surface area contributed by atoms with Gasteiger partial charge >= 0.3 is 0 Å². The van der Waals surface area contributed by atoms with Crippen molar-refractivity contribution >= 4 is 44.7 Å². The molecule has 0 atom stereocenters. The minimum absolute atomic E-state index is 0.369. The summed E-state index contributed by atoms with van der Waals surface area (Å²) in [5.41, 5.74) is 0. The van der Waals surface area contributed by atoms with E-state index in [0.29, 0.717) is 36.6 Å². The second-order valence-corrected chi connectivity index (χ2v) is 5.92. The summed E-state index contributed by atoms with van der Waals surface area (Å²) in [7, 11) is 0. The van der Waals surface area contributed by atoms with Crippen molar-refractivity contribution in [2.45, 2.75) is 20.1 Å². The van der Waals surface area contributed by atoms with E-state index in [1.165, 1.54) is 4.88 Å². The Morgan fingerprint density at radius 2 is 2.32 bits per heavy atom. The number of hydrogen-bond donors (Lipinski definition) is 1. The molecule has 4 nitrogen and oxygen atoms in total. The maximum absolute atomic E-state index is 5.97. The predicted octanol–water partition coefficient (Wildman–Crippen LogP) is 4.10. The molecule has 7 heteroatoms. The van der Waals surface area contributed by atoms with Gasteiger partial charge in [-0.3, -0.25) is 0 Å². The van der Waals surface area contributed by atoms with E-state index in [9.17, 15) is 0 Å². The van der Waals surface area contributed by atoms with E-state index >= 15 is 0 Å². The van der Waals surface area contributed by atoms with Crippen LogP contribution in [0.25, 0.3) is 0 Å². The third-order valence-corrected chi connectivity index (χ3v) is 4.42. The number of anilines is 1. The highest BCUT2D eigenvalue weighted by molar-refractivity contribution is 9.10. The van der Waals surface area contributed by atoms with Crippen molar-refractivity contribution in [2.24, 2.45) is 0 Å². The van der Waals surface area contributed by atoms with Crippen LogP contribution in [0.3, 0.4) is 0 Å². The molecule has 2 aromatic rings. The van der Waals surface area contributed by atoms with Gasteiger partial charge in [-0.2, -0.15) is 0 Å². The molecule has 0 amide bonds. The molecule has 0 radical (unpaired) electrons. The third kappa shape index (κ3) is 4.42. The molecule has 2 rings (SSSR count). The zero-order chi connectivity index (χ0) is 13.7. The van der Waals surface area contributed by atoms with Crippen LogP contribution in [0.4, 0.5) is 5.82 Å². The fourth-order valence-electron chi connectivity index (χ4n) is 1.44. The Bertz CT molecular complexity index is 550. The summed E-state index contributed by atoms with van der Waals surface area (Å²) >= 11 is 11.1. The van der Waals surface area contributed by atoms with Crippen LogP contribution in [-0.4, -0.2) is 16.6 Å². The SMILES string of the molecule is CCOCc1nc(Cl)cc(NCc2sccc2Br)n1. The summed E-state index contributed by atoms with van der Waals surface area (Å²) in [6.45, 7) is 3.62. The normalized spacial score (nSPS) is 10.7. The van der Waals surface area contributed by atoms with Crippen molar-refractivity contribution in [3.63, 3.8) is 0 Å². The van der Waals surface area contributed by atoms with Crippen LogP contribution < -0.4 is 5.32 Å². The molecule has 0 aromatic carbocycles. The molecular weight excluding hydrogens is 350 g/mol. The van der Waals surface area contributed by atoms with Crippen molar-refractivity contribution < 1.29 is 4.74 Å². The molecule has 0 bridgehead atoms. The number of nitrogens with zero attached hydrogens (tertiary/aromatic N) is 2. The Balaban J connectivity index is 2.03. The maximum atomic E-state index is 5.97. The van der Waals surface area contributed by atoms with E-state index in [1.54, 1.807) is 17.4 Å². The molecule has 2 aromatic heterocycles. The Morgan fingerprint density at radius 3 is 3.00 bits per heavy atom. The van der Waals surface area contributed by atoms with Crippen LogP contribution >= 0.6 is 38.9 Å². The van der Waals surface area contributed by atoms with E-state index < -0.39 is 0 Å². The standard InChI is InChI=1S/C12H13BrClN3OS/c1-2-18-7-12-16-10(14)5-11(17-12)15-6-9-8(13)3-4-19-9/h3-5H,2,6-7H2,1H3,(H,15,16,17). The molecule has 0 aliphatic heterocycles. The van der Waals surface area contributed by atoms with Crippen LogP contribution in [0.2, 0.25) is 5.15 Å². The molecule has 0 saturated heterocycles. The number of halogens is 2. The molecule has 19 heavy (non-hydrogen) atoms. The van der Waals surface area contributed by atoms with E-state index in [4.69, 9.17) is 16.3 Å². The quantitative estimate of drug-likeness (QED) is 0.786. The summed E-state index contributed by atoms with van der Waals surface area (Å²) in [6.07, 6.45) is 0. The lowest BCUT2D eigenvalue weighted by atomic mass is 10.4. The highest BCUT2D eigenvalue weighted by Crippen LogP contribution is 2.23. The van der Waals surface area contributed by atoms with Gasteiger partial charge in [-0.15, -0.1) is 11.3 Å². The van der Waals surface area contributed by atoms with E-state index in [-0.39, 0.29) is 0 Å². The molecular formula is C12H13BrClN3OS. The second kappa shape index (κ2) is 7.19. The topological polar surface area (TPSA) is 47.0 Å². The predicted molar refractivity (Wildman–Crippen MR) is 81.7 cm³/mol. The summed E-state index contributed by atoms with van der Waals surface area (Å²) < 4.78 is 6.38. The fraction of sp³-hybridized carbons (Fsp3) is 0.333. The van der Waals surface area contributed by atoms with Gasteiger partial charge in [0.1, 0.15) is 17.6 Å². The zero-order valence-corrected chi connectivity index (χ0v) is 13.5. The first-order valence-corrected chi connectivity index (χ1v) is 7.81. The first-order valence-electron chi connectivity index (χ1n) is 5.76. The summed E-state index contributed by atoms with van der Waals surface area (Å²) in [5.74, 6) is 1.29. The molecule has 0 aliphatic carbocycles. The number of thiophene rings is 1. The smallest absolute Gasteiger partial charge is 0.158 e. The van der Waals surface area contributed by atoms with Crippen molar-refractivity contribution in [2.75, 3.05) is 11.9 Å². The monoisotopic (exact) mass is 361 g/mol. The lowest BCUT2D eigenvalue weighted by Gasteiger charge is -2.07. The van der Waals surface area contributed by atoms with Gasteiger partial charge in [0.25, 0.3) is 0 Å². The van der Waals surface area contributed by atoms with Crippen molar-refractivity contribution in [3.05, 3.63) is 37.8 Å². The lowest BCUT2D eigenvalue weighted by Crippen LogP contribution is -2.05. The van der Waals surface area contributed by atoms with E-state index in [1.807, 2.05) is 18.4 Å². The molecule has 0 spiro atoms. The number of hydrogen-bond acceptors (Lipinski definition) is 5.